The monoisotopic (exact) mass is 586 g/mol. The van der Waals surface area contributed by atoms with Crippen LogP contribution in [0.25, 0.3) is 0 Å². The van der Waals surface area contributed by atoms with Gasteiger partial charge >= 0.3 is 5.51 Å². The highest BCUT2D eigenvalue weighted by molar-refractivity contribution is 8.78. The molecule has 4 rings (SSSR count). The maximum Gasteiger partial charge on any atom is 0.485 e. The van der Waals surface area contributed by atoms with Crippen molar-refractivity contribution in [2.24, 2.45) is 0 Å². The van der Waals surface area contributed by atoms with Gasteiger partial charge in [-0.15, -0.1) is 0 Å². The molecule has 10 heteroatoms. The molecule has 37 heavy (non-hydrogen) atoms. The number of benzene rings is 3. The van der Waals surface area contributed by atoms with E-state index in [4.69, 9.17) is 13.0 Å². The average molecular weight is 587 g/mol. The summed E-state index contributed by atoms with van der Waals surface area (Å²) in [6.07, 6.45) is 0. The Morgan fingerprint density at radius 1 is 0.622 bits per heavy atom. The van der Waals surface area contributed by atoms with Gasteiger partial charge in [0.1, 0.15) is 32.5 Å². The summed E-state index contributed by atoms with van der Waals surface area (Å²) < 4.78 is 58.9. The van der Waals surface area contributed by atoms with Crippen LogP contribution in [-0.4, -0.2) is 28.8 Å². The van der Waals surface area contributed by atoms with Crippen LogP contribution in [0.3, 0.4) is 0 Å². The van der Waals surface area contributed by atoms with Gasteiger partial charge in [-0.2, -0.15) is 13.2 Å². The highest BCUT2D eigenvalue weighted by Crippen LogP contribution is 3.04. The second kappa shape index (κ2) is 10.7. The molecular formula is C27H32F3O3P3S. The lowest BCUT2D eigenvalue weighted by Crippen LogP contribution is -2.28. The number of halogens is 3. The third-order valence-electron chi connectivity index (χ3n) is 5.70. The van der Waals surface area contributed by atoms with Gasteiger partial charge in [-0.25, -0.2) is 8.42 Å². The molecule has 0 spiro atoms. The van der Waals surface area contributed by atoms with Gasteiger partial charge in [-0.3, -0.25) is 0 Å². The highest BCUT2D eigenvalue weighted by Gasteiger charge is 2.69. The summed E-state index contributed by atoms with van der Waals surface area (Å²) in [5.41, 5.74) is -5.65. The fraction of sp³-hybridized carbons (Fsp3) is 0.333. The minimum Gasteiger partial charge on any atom is -0.741 e. The smallest absolute Gasteiger partial charge is 0.485 e. The van der Waals surface area contributed by atoms with E-state index in [0.717, 1.165) is 0 Å². The van der Waals surface area contributed by atoms with Crippen molar-refractivity contribution >= 4 is 53.2 Å². The maximum atomic E-state index is 10.7. The molecule has 0 N–H and O–H groups in total. The van der Waals surface area contributed by atoms with Crippen molar-refractivity contribution in [2.45, 2.75) is 57.4 Å². The zero-order valence-electron chi connectivity index (χ0n) is 21.7. The molecule has 200 valence electrons. The van der Waals surface area contributed by atoms with Crippen molar-refractivity contribution in [1.82, 2.24) is 0 Å². The predicted molar refractivity (Wildman–Crippen MR) is 154 cm³/mol. The summed E-state index contributed by atoms with van der Waals surface area (Å²) >= 11 is 0. The summed E-state index contributed by atoms with van der Waals surface area (Å²) in [6, 6.07) is 32.6. The average Bonchev–Trinajstić information content (AvgIpc) is 3.12. The van der Waals surface area contributed by atoms with Gasteiger partial charge < -0.3 is 4.55 Å². The van der Waals surface area contributed by atoms with Crippen LogP contribution >= 0.6 is 21.9 Å². The lowest BCUT2D eigenvalue weighted by Gasteiger charge is -2.42. The van der Waals surface area contributed by atoms with E-state index in [2.05, 4.69) is 126 Å². The molecular weight excluding hydrogens is 554 g/mol. The Labute approximate surface area is 221 Å². The van der Waals surface area contributed by atoms with E-state index in [-0.39, 0.29) is 25.5 Å². The van der Waals surface area contributed by atoms with Crippen molar-refractivity contribution in [1.29, 1.82) is 0 Å². The van der Waals surface area contributed by atoms with Gasteiger partial charge in [-0.05, 0) is 24.3 Å². The first-order valence-electron chi connectivity index (χ1n) is 11.7. The Bertz CT molecular complexity index is 1240. The van der Waals surface area contributed by atoms with Crippen LogP contribution in [0.5, 0.6) is 0 Å². The van der Waals surface area contributed by atoms with E-state index in [9.17, 15) is 13.2 Å². The van der Waals surface area contributed by atoms with Crippen molar-refractivity contribution in [3.63, 3.8) is 0 Å². The maximum absolute atomic E-state index is 10.7. The van der Waals surface area contributed by atoms with E-state index >= 15 is 0 Å². The molecule has 1 aliphatic heterocycles. The van der Waals surface area contributed by atoms with E-state index in [0.29, 0.717) is 0 Å². The first-order valence-corrected chi connectivity index (χ1v) is 19.0. The third kappa shape index (κ3) is 5.97. The second-order valence-electron chi connectivity index (χ2n) is 10.6. The Kier molecular flexibility index (Phi) is 8.70. The van der Waals surface area contributed by atoms with E-state index in [1.54, 1.807) is 21.2 Å². The molecule has 3 nitrogen and oxygen atoms in total. The van der Waals surface area contributed by atoms with E-state index in [1.807, 2.05) is 0 Å². The predicted octanol–water partition coefficient (Wildman–Crippen LogP) is 7.06. The normalized spacial score (nSPS) is 19.5. The van der Waals surface area contributed by atoms with Crippen LogP contribution in [0.15, 0.2) is 84.9 Å². The molecule has 3 aromatic rings. The molecule has 3 aromatic carbocycles. The molecule has 0 amide bonds. The van der Waals surface area contributed by atoms with Crippen LogP contribution in [0, 0.1) is 0 Å². The number of alkyl halides is 3. The van der Waals surface area contributed by atoms with Gasteiger partial charge in [0.05, 0.1) is 0 Å². The quantitative estimate of drug-likeness (QED) is 0.184. The van der Waals surface area contributed by atoms with Gasteiger partial charge in [0, 0.05) is 20.9 Å². The van der Waals surface area contributed by atoms with Crippen LogP contribution in [0.1, 0.15) is 41.5 Å². The Hall–Kier alpha value is -1.35. The van der Waals surface area contributed by atoms with Crippen LogP contribution in [0.2, 0.25) is 0 Å². The van der Waals surface area contributed by atoms with Crippen LogP contribution in [-0.2, 0) is 10.1 Å². The van der Waals surface area contributed by atoms with Gasteiger partial charge in [0.25, 0.3) is 0 Å². The minimum atomic E-state index is -6.09. The fourth-order valence-corrected chi connectivity index (χ4v) is 34.4. The molecule has 0 saturated heterocycles. The molecule has 1 heterocycles. The molecule has 0 bridgehead atoms. The molecule has 1 aliphatic rings. The lowest BCUT2D eigenvalue weighted by molar-refractivity contribution is -0.0517. The molecule has 0 aromatic heterocycles. The fourth-order valence-electron chi connectivity index (χ4n) is 4.70. The first-order chi connectivity index (χ1) is 16.9. The summed E-state index contributed by atoms with van der Waals surface area (Å²) in [4.78, 5) is 0. The molecule has 0 saturated carbocycles. The molecule has 0 fully saturated rings. The Balaban J connectivity index is 0.000000414. The van der Waals surface area contributed by atoms with Crippen molar-refractivity contribution < 1.29 is 26.1 Å². The molecule has 0 unspecified atom stereocenters. The SMILES string of the molecule is CC(C)(C)[P@@]1c2ccccc2[P@@](C(C)(C)C)[P+]1(c1ccccc1)c1ccccc1.O=S(=O)([O-])C(F)(F)F. The van der Waals surface area contributed by atoms with Gasteiger partial charge in [0.15, 0.2) is 10.1 Å². The number of fused-ring (bicyclic) bond motifs is 1. The largest absolute Gasteiger partial charge is 0.741 e. The van der Waals surface area contributed by atoms with Crippen LogP contribution in [0.4, 0.5) is 13.2 Å². The Morgan fingerprint density at radius 2 is 0.892 bits per heavy atom. The minimum absolute atomic E-state index is 0.243. The topological polar surface area (TPSA) is 57.2 Å². The molecule has 0 radical (unpaired) electrons. The summed E-state index contributed by atoms with van der Waals surface area (Å²) in [6.45, 7) is 13.2. The molecule has 0 aliphatic carbocycles. The second-order valence-corrected chi connectivity index (χ2v) is 26.1. The van der Waals surface area contributed by atoms with E-state index < -0.39 is 22.3 Å². The summed E-state index contributed by atoms with van der Waals surface area (Å²) in [7, 11) is -6.82. The zero-order valence-corrected chi connectivity index (χ0v) is 25.2. The Morgan fingerprint density at radius 3 is 1.14 bits per heavy atom. The van der Waals surface area contributed by atoms with Crippen LogP contribution < -0.4 is 21.2 Å². The molecule has 2 atom stereocenters. The number of rotatable bonds is 2. The van der Waals surface area contributed by atoms with E-state index in [1.165, 1.54) is 0 Å². The first kappa shape index (κ1) is 30.2. The zero-order chi connectivity index (χ0) is 27.9. The summed E-state index contributed by atoms with van der Waals surface area (Å²) in [5, 5.41) is 7.02. The van der Waals surface area contributed by atoms with Crippen molar-refractivity contribution in [3.05, 3.63) is 84.9 Å². The third-order valence-corrected chi connectivity index (χ3v) is 28.2. The highest BCUT2D eigenvalue weighted by atomic mass is 32.5. The van der Waals surface area contributed by atoms with Crippen molar-refractivity contribution in [2.75, 3.05) is 0 Å². The van der Waals surface area contributed by atoms with Gasteiger partial charge in [0.2, 0.25) is 0 Å². The van der Waals surface area contributed by atoms with Crippen molar-refractivity contribution in [3.8, 4) is 0 Å². The standard InChI is InChI=1S/C26H32P3.CHF3O3S/c1-25(2,3)27-23-19-13-14-20-24(23)28(26(4,5)6)29(27,21-15-9-7-10-16-21)22-17-11-8-12-18-22;2-1(3,4)8(5,6)7/h7-20H,1-6H3;(H,5,6,7)/q+1;/p-1/t27-,28+;. The lowest BCUT2D eigenvalue weighted by atomic mass is 10.3. The van der Waals surface area contributed by atoms with Gasteiger partial charge in [-0.1, -0.05) is 102 Å². The number of hydrogen-bond acceptors (Lipinski definition) is 3. The number of hydrogen-bond donors (Lipinski definition) is 0. The summed E-state index contributed by atoms with van der Waals surface area (Å²) in [5.74, 6) is 0.